The molecule has 2 aliphatic rings. The number of ether oxygens (including phenoxy) is 2. The standard InChI is InChI=1S/C23H22N2O5/c1-4-23(28)16-9-18-20-13(10-25(18)21(26)15(16)11-29-22(23)27)8-14-17(24-20)6-5-7-19(14)30-12(2)3/h5-9,12,28H,4,10-11H2,1-3H3/t23-/m0/s1. The third-order valence-electron chi connectivity index (χ3n) is 5.87. The number of fused-ring (bicyclic) bond motifs is 5. The van der Waals surface area contributed by atoms with E-state index in [4.69, 9.17) is 14.5 Å². The molecule has 0 aliphatic carbocycles. The predicted octanol–water partition coefficient (Wildman–Crippen LogP) is 2.87. The van der Waals surface area contributed by atoms with Gasteiger partial charge in [-0.05, 0) is 44.5 Å². The number of esters is 1. The van der Waals surface area contributed by atoms with E-state index in [9.17, 15) is 14.7 Å². The van der Waals surface area contributed by atoms with Crippen LogP contribution in [0.15, 0.2) is 35.1 Å². The van der Waals surface area contributed by atoms with E-state index in [1.54, 1.807) is 17.6 Å². The van der Waals surface area contributed by atoms with Gasteiger partial charge in [0.05, 0.1) is 35.1 Å². The summed E-state index contributed by atoms with van der Waals surface area (Å²) in [4.78, 5) is 30.3. The molecule has 3 aromatic rings. The summed E-state index contributed by atoms with van der Waals surface area (Å²) in [6.07, 6.45) is 0.148. The van der Waals surface area contributed by atoms with Gasteiger partial charge in [-0.2, -0.15) is 0 Å². The van der Waals surface area contributed by atoms with Gasteiger partial charge in [0, 0.05) is 16.5 Å². The van der Waals surface area contributed by atoms with Crippen molar-refractivity contribution >= 4 is 16.9 Å². The number of cyclic esters (lactones) is 1. The van der Waals surface area contributed by atoms with Gasteiger partial charge in [-0.15, -0.1) is 0 Å². The Hall–Kier alpha value is -3.19. The predicted molar refractivity (Wildman–Crippen MR) is 110 cm³/mol. The highest BCUT2D eigenvalue weighted by atomic mass is 16.6. The number of aromatic nitrogens is 2. The number of hydrogen-bond donors (Lipinski definition) is 1. The lowest BCUT2D eigenvalue weighted by Gasteiger charge is -2.31. The monoisotopic (exact) mass is 406 g/mol. The lowest BCUT2D eigenvalue weighted by atomic mass is 9.86. The quantitative estimate of drug-likeness (QED) is 0.526. The number of carbonyl (C=O) groups is 1. The maximum Gasteiger partial charge on any atom is 0.343 e. The minimum Gasteiger partial charge on any atom is -0.490 e. The van der Waals surface area contributed by atoms with E-state index in [2.05, 4.69) is 0 Å². The molecule has 0 bridgehead atoms. The molecule has 7 heteroatoms. The average molecular weight is 406 g/mol. The van der Waals surface area contributed by atoms with Gasteiger partial charge in [0.25, 0.3) is 5.56 Å². The van der Waals surface area contributed by atoms with E-state index in [-0.39, 0.29) is 24.7 Å². The van der Waals surface area contributed by atoms with Crippen LogP contribution in [0.5, 0.6) is 5.75 Å². The highest BCUT2D eigenvalue weighted by Crippen LogP contribution is 2.39. The van der Waals surface area contributed by atoms with Crippen LogP contribution in [0.3, 0.4) is 0 Å². The van der Waals surface area contributed by atoms with Crippen LogP contribution in [0, 0.1) is 0 Å². The summed E-state index contributed by atoms with van der Waals surface area (Å²) in [7, 11) is 0. The van der Waals surface area contributed by atoms with Crippen LogP contribution in [0.25, 0.3) is 22.3 Å². The largest absolute Gasteiger partial charge is 0.490 e. The maximum absolute atomic E-state index is 13.2. The number of nitrogens with zero attached hydrogens (tertiary/aromatic N) is 2. The Morgan fingerprint density at radius 2 is 2.10 bits per heavy atom. The van der Waals surface area contributed by atoms with Crippen molar-refractivity contribution in [2.75, 3.05) is 0 Å². The van der Waals surface area contributed by atoms with Crippen LogP contribution in [0.2, 0.25) is 0 Å². The highest BCUT2D eigenvalue weighted by Gasteiger charge is 2.45. The number of benzene rings is 1. The number of hydrogen-bond acceptors (Lipinski definition) is 6. The van der Waals surface area contributed by atoms with Crippen LogP contribution >= 0.6 is 0 Å². The Labute approximate surface area is 172 Å². The maximum atomic E-state index is 13.2. The van der Waals surface area contributed by atoms with Crippen LogP contribution in [-0.4, -0.2) is 26.7 Å². The smallest absolute Gasteiger partial charge is 0.343 e. The molecule has 1 atom stereocenters. The molecule has 2 aromatic heterocycles. The van der Waals surface area contributed by atoms with E-state index in [1.807, 2.05) is 38.1 Å². The Balaban J connectivity index is 1.74. The molecule has 0 amide bonds. The van der Waals surface area contributed by atoms with E-state index < -0.39 is 11.6 Å². The second-order valence-electron chi connectivity index (χ2n) is 8.09. The normalized spacial score (nSPS) is 19.4. The van der Waals surface area contributed by atoms with Gasteiger partial charge >= 0.3 is 5.97 Å². The molecule has 1 aromatic carbocycles. The molecule has 154 valence electrons. The summed E-state index contributed by atoms with van der Waals surface area (Å²) >= 11 is 0. The van der Waals surface area contributed by atoms with Crippen LogP contribution in [-0.2, 0) is 28.3 Å². The van der Waals surface area contributed by atoms with Gasteiger partial charge in [0.2, 0.25) is 0 Å². The van der Waals surface area contributed by atoms with Crippen LogP contribution in [0.1, 0.15) is 43.9 Å². The van der Waals surface area contributed by atoms with Crippen molar-refractivity contribution in [1.29, 1.82) is 0 Å². The zero-order valence-electron chi connectivity index (χ0n) is 17.1. The van der Waals surface area contributed by atoms with Crippen molar-refractivity contribution in [2.45, 2.75) is 52.0 Å². The molecule has 1 N–H and O–H groups in total. The minimum absolute atomic E-state index is 0.0275. The molecule has 0 saturated heterocycles. The zero-order chi connectivity index (χ0) is 21.2. The number of rotatable bonds is 3. The van der Waals surface area contributed by atoms with Crippen molar-refractivity contribution in [3.8, 4) is 17.1 Å². The number of aliphatic hydroxyl groups is 1. The topological polar surface area (TPSA) is 90.7 Å². The average Bonchev–Trinajstić information content (AvgIpc) is 3.08. The summed E-state index contributed by atoms with van der Waals surface area (Å²) in [5, 5.41) is 11.8. The third kappa shape index (κ3) is 2.51. The molecule has 0 radical (unpaired) electrons. The van der Waals surface area contributed by atoms with E-state index in [1.165, 1.54) is 0 Å². The molecule has 2 aliphatic heterocycles. The summed E-state index contributed by atoms with van der Waals surface area (Å²) < 4.78 is 12.7. The molecule has 0 saturated carbocycles. The lowest BCUT2D eigenvalue weighted by Crippen LogP contribution is -2.44. The Bertz CT molecular complexity index is 1280. The first-order valence-electron chi connectivity index (χ1n) is 10.1. The summed E-state index contributed by atoms with van der Waals surface area (Å²) in [5.41, 5.74) is 1.51. The molecule has 4 heterocycles. The van der Waals surface area contributed by atoms with Gasteiger partial charge in [-0.3, -0.25) is 4.79 Å². The van der Waals surface area contributed by atoms with Gasteiger partial charge in [0.15, 0.2) is 5.60 Å². The van der Waals surface area contributed by atoms with E-state index in [0.717, 1.165) is 22.2 Å². The molecular weight excluding hydrogens is 384 g/mol. The third-order valence-corrected chi connectivity index (χ3v) is 5.87. The van der Waals surface area contributed by atoms with Gasteiger partial charge in [0.1, 0.15) is 12.4 Å². The fourth-order valence-electron chi connectivity index (χ4n) is 4.33. The van der Waals surface area contributed by atoms with E-state index >= 15 is 0 Å². The highest BCUT2D eigenvalue weighted by molar-refractivity contribution is 5.89. The Morgan fingerprint density at radius 3 is 2.83 bits per heavy atom. The summed E-state index contributed by atoms with van der Waals surface area (Å²) in [6, 6.07) is 9.43. The second kappa shape index (κ2) is 6.40. The van der Waals surface area contributed by atoms with Crippen molar-refractivity contribution in [3.63, 3.8) is 0 Å². The molecule has 30 heavy (non-hydrogen) atoms. The van der Waals surface area contributed by atoms with Crippen molar-refractivity contribution in [2.24, 2.45) is 0 Å². The summed E-state index contributed by atoms with van der Waals surface area (Å²) in [5.74, 6) is 0.0294. The van der Waals surface area contributed by atoms with E-state index in [0.29, 0.717) is 29.1 Å². The first kappa shape index (κ1) is 18.8. The van der Waals surface area contributed by atoms with Gasteiger partial charge in [-0.25, -0.2) is 9.78 Å². The van der Waals surface area contributed by atoms with Gasteiger partial charge in [-0.1, -0.05) is 13.0 Å². The fourth-order valence-corrected chi connectivity index (χ4v) is 4.33. The van der Waals surface area contributed by atoms with Crippen molar-refractivity contribution in [3.05, 3.63) is 57.4 Å². The molecule has 5 rings (SSSR count). The number of carbonyl (C=O) groups excluding carboxylic acids is 1. The SMILES string of the molecule is CC[C@@]1(O)C(=O)OCc2c1cc1n(c2=O)Cc2cc3c(OC(C)C)cccc3nc2-1. The van der Waals surface area contributed by atoms with Crippen LogP contribution < -0.4 is 10.3 Å². The molecule has 0 fully saturated rings. The first-order valence-corrected chi connectivity index (χ1v) is 10.1. The first-order chi connectivity index (χ1) is 14.3. The molecule has 0 spiro atoms. The summed E-state index contributed by atoms with van der Waals surface area (Å²) in [6.45, 7) is 5.87. The second-order valence-corrected chi connectivity index (χ2v) is 8.09. The van der Waals surface area contributed by atoms with Crippen molar-refractivity contribution in [1.82, 2.24) is 9.55 Å². The molecule has 7 nitrogen and oxygen atoms in total. The van der Waals surface area contributed by atoms with Crippen LogP contribution in [0.4, 0.5) is 0 Å². The van der Waals surface area contributed by atoms with Crippen molar-refractivity contribution < 1.29 is 19.4 Å². The Kier molecular flexibility index (Phi) is 4.02. The lowest BCUT2D eigenvalue weighted by molar-refractivity contribution is -0.172. The van der Waals surface area contributed by atoms with Gasteiger partial charge < -0.3 is 19.1 Å². The minimum atomic E-state index is -1.82. The molecular formula is C23H22N2O5. The zero-order valence-corrected chi connectivity index (χ0v) is 17.1. The number of pyridine rings is 2. The Morgan fingerprint density at radius 1 is 1.30 bits per heavy atom. The fraction of sp³-hybridized carbons (Fsp3) is 0.348. The molecule has 0 unspecified atom stereocenters.